The van der Waals surface area contributed by atoms with Crippen molar-refractivity contribution >= 4 is 30.8 Å². The summed E-state index contributed by atoms with van der Waals surface area (Å²) < 4.78 is 64.3. The van der Waals surface area contributed by atoms with E-state index in [-0.39, 0.29) is 0 Å². The summed E-state index contributed by atoms with van der Waals surface area (Å²) >= 11 is 5.87. The molecule has 0 fully saturated rings. The molecule has 0 N–H and O–H groups in total. The molecular formula is C9H11ClF6N3OP. The molecule has 0 aliphatic rings. The van der Waals surface area contributed by atoms with Crippen LogP contribution in [0.3, 0.4) is 0 Å². The van der Waals surface area contributed by atoms with Gasteiger partial charge in [-0.1, -0.05) is 11.6 Å². The Labute approximate surface area is 121 Å². The van der Waals surface area contributed by atoms with E-state index in [2.05, 4.69) is 4.98 Å². The Bertz CT molecular complexity index is 557. The molecule has 0 bridgehead atoms. The van der Waals surface area contributed by atoms with E-state index in [1.54, 1.807) is 19.2 Å². The van der Waals surface area contributed by atoms with Gasteiger partial charge in [-0.2, -0.15) is 0 Å². The van der Waals surface area contributed by atoms with Crippen molar-refractivity contribution in [3.8, 4) is 5.75 Å². The van der Waals surface area contributed by atoms with Gasteiger partial charge in [-0.15, -0.1) is 0 Å². The standard InChI is InChI=1S/C9H11ClN3O.F6P/c1-13(2)8-4-6(10)7(12-11)5-9(8)14-3;1-7(2,3,4,5)6/h4-5H,1-3H3;/q+1;-1. The fourth-order valence-corrected chi connectivity index (χ4v) is 1.32. The van der Waals surface area contributed by atoms with Crippen molar-refractivity contribution < 1.29 is 29.9 Å². The first kappa shape index (κ1) is 19.5. The summed E-state index contributed by atoms with van der Waals surface area (Å²) in [7, 11) is -5.35. The summed E-state index contributed by atoms with van der Waals surface area (Å²) in [6.07, 6.45) is 0. The van der Waals surface area contributed by atoms with E-state index in [0.717, 1.165) is 5.69 Å². The molecule has 0 radical (unpaired) electrons. The Hall–Kier alpha value is -1.46. The van der Waals surface area contributed by atoms with Gasteiger partial charge in [0.2, 0.25) is 5.39 Å². The van der Waals surface area contributed by atoms with Crippen molar-refractivity contribution in [3.63, 3.8) is 0 Å². The van der Waals surface area contributed by atoms with Crippen molar-refractivity contribution in [1.29, 1.82) is 5.39 Å². The Morgan fingerprint density at radius 1 is 1.14 bits per heavy atom. The minimum absolute atomic E-state index is 0.300. The average Bonchev–Trinajstić information content (AvgIpc) is 2.24. The molecule has 0 amide bonds. The quantitative estimate of drug-likeness (QED) is 0.355. The second-order valence-corrected chi connectivity index (χ2v) is 6.25. The first-order chi connectivity index (χ1) is 9.05. The molecule has 0 saturated heterocycles. The monoisotopic (exact) mass is 357 g/mol. The number of halogens is 7. The summed E-state index contributed by atoms with van der Waals surface area (Å²) in [6, 6.07) is 3.27. The first-order valence-corrected chi connectivity index (χ1v) is 7.42. The van der Waals surface area contributed by atoms with Crippen LogP contribution in [0.1, 0.15) is 0 Å². The van der Waals surface area contributed by atoms with Crippen LogP contribution in [-0.4, -0.2) is 21.2 Å². The molecule has 122 valence electrons. The van der Waals surface area contributed by atoms with Gasteiger partial charge in [-0.25, -0.2) is 0 Å². The maximum atomic E-state index is 9.87. The molecule has 1 rings (SSSR count). The summed E-state index contributed by atoms with van der Waals surface area (Å²) in [6.45, 7) is 0. The van der Waals surface area contributed by atoms with Crippen molar-refractivity contribution in [1.82, 2.24) is 0 Å². The van der Waals surface area contributed by atoms with Gasteiger partial charge in [-0.05, 0) is 6.07 Å². The van der Waals surface area contributed by atoms with Crippen LogP contribution in [-0.2, 0) is 0 Å². The number of anilines is 1. The minimum atomic E-state index is -10.7. The molecule has 0 spiro atoms. The summed E-state index contributed by atoms with van der Waals surface area (Å²) in [5.41, 5.74) is 1.14. The molecule has 4 nitrogen and oxygen atoms in total. The number of rotatable bonds is 2. The van der Waals surface area contributed by atoms with Crippen molar-refractivity contribution in [3.05, 3.63) is 22.1 Å². The van der Waals surface area contributed by atoms with Gasteiger partial charge < -0.3 is 9.64 Å². The van der Waals surface area contributed by atoms with Crippen molar-refractivity contribution in [2.45, 2.75) is 0 Å². The van der Waals surface area contributed by atoms with Crippen molar-refractivity contribution in [2.24, 2.45) is 0 Å². The van der Waals surface area contributed by atoms with Crippen molar-refractivity contribution in [2.75, 3.05) is 26.1 Å². The Morgan fingerprint density at radius 2 is 1.57 bits per heavy atom. The molecule has 0 saturated carbocycles. The molecule has 0 atom stereocenters. The summed E-state index contributed by atoms with van der Waals surface area (Å²) in [5.74, 6) is 0.618. The number of nitrogens with zero attached hydrogens (tertiary/aromatic N) is 3. The molecule has 0 unspecified atom stereocenters. The van der Waals surface area contributed by atoms with E-state index < -0.39 is 7.81 Å². The van der Waals surface area contributed by atoms with E-state index in [1.807, 2.05) is 19.0 Å². The van der Waals surface area contributed by atoms with Crippen LogP contribution in [0.2, 0.25) is 5.02 Å². The molecule has 0 heterocycles. The van der Waals surface area contributed by atoms with Crippen LogP contribution in [0.4, 0.5) is 36.6 Å². The number of hydrogen-bond donors (Lipinski definition) is 0. The van der Waals surface area contributed by atoms with Crippen LogP contribution in [0, 0.1) is 5.39 Å². The number of methoxy groups -OCH3 is 1. The van der Waals surface area contributed by atoms with Gasteiger partial charge in [0, 0.05) is 14.1 Å². The van der Waals surface area contributed by atoms with Crippen LogP contribution in [0.15, 0.2) is 12.1 Å². The zero-order chi connectivity index (χ0) is 17.1. The zero-order valence-electron chi connectivity index (χ0n) is 11.0. The predicted molar refractivity (Wildman–Crippen MR) is 70.6 cm³/mol. The number of hydrogen-bond acceptors (Lipinski definition) is 3. The van der Waals surface area contributed by atoms with Gasteiger partial charge >= 0.3 is 38.7 Å². The first-order valence-electron chi connectivity index (χ1n) is 5.01. The molecule has 0 aromatic heterocycles. The third kappa shape index (κ3) is 9.98. The second kappa shape index (κ2) is 5.39. The van der Waals surface area contributed by atoms with Gasteiger partial charge in [0.15, 0.2) is 4.98 Å². The molecule has 1 aromatic carbocycles. The van der Waals surface area contributed by atoms with Crippen LogP contribution in [0.25, 0.3) is 4.98 Å². The van der Waals surface area contributed by atoms with E-state index in [9.17, 15) is 25.2 Å². The maximum absolute atomic E-state index is 10.7. The zero-order valence-corrected chi connectivity index (χ0v) is 12.6. The average molecular weight is 358 g/mol. The van der Waals surface area contributed by atoms with Crippen LogP contribution < -0.4 is 9.64 Å². The SMILES string of the molecule is COc1cc([N+]#N)c(Cl)cc1N(C)C.F[P-](F)(F)(F)(F)F. The van der Waals surface area contributed by atoms with Gasteiger partial charge in [-0.3, -0.25) is 0 Å². The normalized spacial score (nSPS) is 14.0. The Morgan fingerprint density at radius 3 is 1.86 bits per heavy atom. The van der Waals surface area contributed by atoms with Crippen LogP contribution >= 0.6 is 19.4 Å². The Kier molecular flexibility index (Phi) is 5.01. The third-order valence-corrected chi connectivity index (χ3v) is 2.14. The fourth-order valence-electron chi connectivity index (χ4n) is 1.12. The third-order valence-electron chi connectivity index (χ3n) is 1.84. The topological polar surface area (TPSA) is 40.6 Å². The molecular weight excluding hydrogens is 347 g/mol. The van der Waals surface area contributed by atoms with E-state index in [0.29, 0.717) is 16.5 Å². The predicted octanol–water partition coefficient (Wildman–Crippen LogP) is 6.28. The number of ether oxygens (including phenoxy) is 1. The van der Waals surface area contributed by atoms with Gasteiger partial charge in [0.05, 0.1) is 18.9 Å². The number of diazo groups is 1. The second-order valence-electron chi connectivity index (χ2n) is 3.93. The summed E-state index contributed by atoms with van der Waals surface area (Å²) in [5, 5.41) is 9.03. The summed E-state index contributed by atoms with van der Waals surface area (Å²) in [4.78, 5) is 4.92. The van der Waals surface area contributed by atoms with E-state index >= 15 is 0 Å². The van der Waals surface area contributed by atoms with Gasteiger partial charge in [0.25, 0.3) is 0 Å². The van der Waals surface area contributed by atoms with E-state index in [1.165, 1.54) is 0 Å². The van der Waals surface area contributed by atoms with Gasteiger partial charge in [0.1, 0.15) is 10.8 Å². The van der Waals surface area contributed by atoms with E-state index in [4.69, 9.17) is 21.7 Å². The van der Waals surface area contributed by atoms with Crippen LogP contribution in [0.5, 0.6) is 5.75 Å². The molecule has 12 heteroatoms. The fraction of sp³-hybridized carbons (Fsp3) is 0.333. The molecule has 1 aromatic rings. The molecule has 21 heavy (non-hydrogen) atoms. The molecule has 0 aliphatic carbocycles. The Balaban J connectivity index is 0.000000486. The number of benzene rings is 1. The molecule has 0 aliphatic heterocycles.